The molecule has 1 unspecified atom stereocenters. The second-order valence-corrected chi connectivity index (χ2v) is 11.7. The molecule has 0 spiro atoms. The molecular formula is C23H27N3O6S2. The monoisotopic (exact) mass is 505 g/mol. The van der Waals surface area contributed by atoms with Gasteiger partial charge in [0.25, 0.3) is 23.6 Å². The molecule has 0 radical (unpaired) electrons. The summed E-state index contributed by atoms with van der Waals surface area (Å²) in [6.45, 7) is 9.05. The molecule has 11 heteroatoms. The van der Waals surface area contributed by atoms with Gasteiger partial charge in [-0.25, -0.2) is 9.78 Å². The van der Waals surface area contributed by atoms with Gasteiger partial charge in [-0.1, -0.05) is 23.8 Å². The minimum absolute atomic E-state index is 0.0517. The maximum Gasteiger partial charge on any atom is 0.336 e. The molecule has 0 saturated carbocycles. The van der Waals surface area contributed by atoms with Crippen molar-refractivity contribution in [2.45, 2.75) is 69.7 Å². The standard InChI is InChI=1S/C23H27N3O6S2/c1-13(2)25-20(29)11-16(21(25)30)23(4,5)34-33-17-7-6-15(12-24-17)10-14(3)22(31)32-26-18(27)8-9-19(26)28/h6-7,11-14H,8-10H2,1-5H3. The molecule has 0 N–H and O–H groups in total. The van der Waals surface area contributed by atoms with Crippen LogP contribution in [0, 0.1) is 5.92 Å². The van der Waals surface area contributed by atoms with Crippen molar-refractivity contribution in [1.82, 2.24) is 14.9 Å². The molecule has 2 aliphatic heterocycles. The summed E-state index contributed by atoms with van der Waals surface area (Å²) < 4.78 is -0.607. The number of aromatic nitrogens is 1. The van der Waals surface area contributed by atoms with E-state index in [0.717, 1.165) is 5.56 Å². The fraction of sp³-hybridized carbons (Fsp3) is 0.478. The van der Waals surface area contributed by atoms with Crippen LogP contribution in [0.4, 0.5) is 0 Å². The highest BCUT2D eigenvalue weighted by Gasteiger charge is 2.41. The number of hydroxylamine groups is 2. The summed E-state index contributed by atoms with van der Waals surface area (Å²) in [6, 6.07) is 3.45. The highest BCUT2D eigenvalue weighted by molar-refractivity contribution is 8.77. The zero-order valence-electron chi connectivity index (χ0n) is 19.7. The van der Waals surface area contributed by atoms with Crippen LogP contribution in [0.5, 0.6) is 0 Å². The number of hydrogen-bond acceptors (Lipinski definition) is 9. The summed E-state index contributed by atoms with van der Waals surface area (Å²) >= 11 is 0. The quantitative estimate of drug-likeness (QED) is 0.369. The molecule has 182 valence electrons. The zero-order chi connectivity index (χ0) is 25.2. The van der Waals surface area contributed by atoms with E-state index >= 15 is 0 Å². The van der Waals surface area contributed by atoms with E-state index in [9.17, 15) is 24.0 Å². The fourth-order valence-electron chi connectivity index (χ4n) is 3.45. The van der Waals surface area contributed by atoms with Crippen molar-refractivity contribution in [2.24, 2.45) is 5.92 Å². The first-order valence-corrected chi connectivity index (χ1v) is 13.0. The third-order valence-electron chi connectivity index (χ3n) is 5.38. The molecule has 0 aliphatic carbocycles. The van der Waals surface area contributed by atoms with E-state index in [1.807, 2.05) is 26.0 Å². The maximum absolute atomic E-state index is 12.7. The molecule has 2 aliphatic rings. The van der Waals surface area contributed by atoms with Gasteiger partial charge in [0.1, 0.15) is 5.03 Å². The zero-order valence-corrected chi connectivity index (χ0v) is 21.3. The summed E-state index contributed by atoms with van der Waals surface area (Å²) in [7, 11) is 2.83. The van der Waals surface area contributed by atoms with Gasteiger partial charge in [0, 0.05) is 36.7 Å². The number of carbonyl (C=O) groups excluding carboxylic acids is 5. The van der Waals surface area contributed by atoms with Crippen LogP contribution < -0.4 is 0 Å². The highest BCUT2D eigenvalue weighted by atomic mass is 33.1. The molecule has 0 aromatic carbocycles. The van der Waals surface area contributed by atoms with Gasteiger partial charge in [-0.05, 0) is 56.5 Å². The van der Waals surface area contributed by atoms with Crippen molar-refractivity contribution in [3.05, 3.63) is 35.5 Å². The first-order chi connectivity index (χ1) is 15.9. The third-order valence-corrected chi connectivity index (χ3v) is 8.53. The number of nitrogens with zero attached hydrogens (tertiary/aromatic N) is 3. The van der Waals surface area contributed by atoms with Crippen LogP contribution in [0.25, 0.3) is 0 Å². The maximum atomic E-state index is 12.7. The van der Waals surface area contributed by atoms with Gasteiger partial charge >= 0.3 is 5.97 Å². The lowest BCUT2D eigenvalue weighted by atomic mass is 10.0. The van der Waals surface area contributed by atoms with E-state index in [2.05, 4.69) is 4.98 Å². The summed E-state index contributed by atoms with van der Waals surface area (Å²) in [5, 5.41) is 1.26. The molecule has 1 saturated heterocycles. The summed E-state index contributed by atoms with van der Waals surface area (Å²) in [5.41, 5.74) is 1.26. The number of rotatable bonds is 9. The molecular weight excluding hydrogens is 478 g/mol. The molecule has 34 heavy (non-hydrogen) atoms. The van der Waals surface area contributed by atoms with Crippen LogP contribution in [0.2, 0.25) is 0 Å². The van der Waals surface area contributed by atoms with E-state index in [1.54, 1.807) is 27.0 Å². The Bertz CT molecular complexity index is 1040. The number of amides is 4. The fourth-order valence-corrected chi connectivity index (χ4v) is 5.65. The van der Waals surface area contributed by atoms with Gasteiger partial charge in [-0.3, -0.25) is 24.1 Å². The van der Waals surface area contributed by atoms with E-state index in [4.69, 9.17) is 4.84 Å². The second kappa shape index (κ2) is 10.3. The van der Waals surface area contributed by atoms with Crippen molar-refractivity contribution < 1.29 is 28.8 Å². The number of imide groups is 2. The van der Waals surface area contributed by atoms with E-state index < -0.39 is 28.4 Å². The van der Waals surface area contributed by atoms with Crippen LogP contribution in [0.15, 0.2) is 35.0 Å². The Labute approximate surface area is 206 Å². The Morgan fingerprint density at radius 1 is 1.12 bits per heavy atom. The van der Waals surface area contributed by atoms with Crippen molar-refractivity contribution in [3.8, 4) is 0 Å². The minimum atomic E-state index is -0.654. The molecule has 9 nitrogen and oxygen atoms in total. The molecule has 1 fully saturated rings. The van der Waals surface area contributed by atoms with E-state index in [-0.39, 0.29) is 30.7 Å². The lowest BCUT2D eigenvalue weighted by Gasteiger charge is -2.26. The van der Waals surface area contributed by atoms with Crippen LogP contribution in [0.1, 0.15) is 53.0 Å². The van der Waals surface area contributed by atoms with Crippen LogP contribution >= 0.6 is 21.6 Å². The van der Waals surface area contributed by atoms with Crippen molar-refractivity contribution >= 4 is 51.2 Å². The molecule has 1 aromatic rings. The number of hydrogen-bond donors (Lipinski definition) is 0. The average Bonchev–Trinajstić information content (AvgIpc) is 3.26. The van der Waals surface area contributed by atoms with E-state index in [1.165, 1.54) is 32.6 Å². The van der Waals surface area contributed by atoms with Gasteiger partial charge in [0.15, 0.2) is 0 Å². The first-order valence-electron chi connectivity index (χ1n) is 10.9. The van der Waals surface area contributed by atoms with E-state index in [0.29, 0.717) is 22.1 Å². The Balaban J connectivity index is 1.54. The highest BCUT2D eigenvalue weighted by Crippen LogP contribution is 2.45. The van der Waals surface area contributed by atoms with Crippen molar-refractivity contribution in [2.75, 3.05) is 0 Å². The van der Waals surface area contributed by atoms with Crippen molar-refractivity contribution in [3.63, 3.8) is 0 Å². The second-order valence-electron chi connectivity index (χ2n) is 8.94. The predicted octanol–water partition coefficient (Wildman–Crippen LogP) is 3.09. The number of carbonyl (C=O) groups is 5. The summed E-state index contributed by atoms with van der Waals surface area (Å²) in [4.78, 5) is 71.0. The minimum Gasteiger partial charge on any atom is -0.330 e. The Morgan fingerprint density at radius 2 is 1.76 bits per heavy atom. The largest absolute Gasteiger partial charge is 0.336 e. The van der Waals surface area contributed by atoms with Gasteiger partial charge in [0.05, 0.1) is 10.7 Å². The molecule has 1 atom stereocenters. The van der Waals surface area contributed by atoms with Gasteiger partial charge in [-0.2, -0.15) is 0 Å². The van der Waals surface area contributed by atoms with Crippen LogP contribution in [0.3, 0.4) is 0 Å². The smallest absolute Gasteiger partial charge is 0.330 e. The third kappa shape index (κ3) is 5.69. The van der Waals surface area contributed by atoms with Gasteiger partial charge in [0.2, 0.25) is 0 Å². The predicted molar refractivity (Wildman–Crippen MR) is 127 cm³/mol. The molecule has 4 amide bonds. The molecule has 3 heterocycles. The first kappa shape index (κ1) is 26.0. The average molecular weight is 506 g/mol. The van der Waals surface area contributed by atoms with Gasteiger partial charge < -0.3 is 4.84 Å². The lowest BCUT2D eigenvalue weighted by Crippen LogP contribution is -2.39. The van der Waals surface area contributed by atoms with Crippen LogP contribution in [-0.4, -0.2) is 55.3 Å². The van der Waals surface area contributed by atoms with Gasteiger partial charge in [-0.15, -0.1) is 5.06 Å². The molecule has 0 bridgehead atoms. The lowest BCUT2D eigenvalue weighted by molar-refractivity contribution is -0.200. The van der Waals surface area contributed by atoms with Crippen LogP contribution in [-0.2, 0) is 35.2 Å². The Morgan fingerprint density at radius 3 is 2.29 bits per heavy atom. The molecule has 1 aromatic heterocycles. The van der Waals surface area contributed by atoms with Crippen molar-refractivity contribution in [1.29, 1.82) is 0 Å². The Hall–Kier alpha value is -2.66. The number of pyridine rings is 1. The summed E-state index contributed by atoms with van der Waals surface area (Å²) in [6.07, 6.45) is 3.50. The topological polar surface area (TPSA) is 114 Å². The Kier molecular flexibility index (Phi) is 7.87. The SMILES string of the molecule is CC(Cc1ccc(SSC(C)(C)C2=CC(=O)N(C(C)C)C2=O)nc1)C(=O)ON1C(=O)CCC1=O. The normalized spacial score (nSPS) is 17.6. The summed E-state index contributed by atoms with van der Waals surface area (Å²) in [5.74, 6) is -2.80. The molecule has 3 rings (SSSR count).